The van der Waals surface area contributed by atoms with Gasteiger partial charge in [-0.3, -0.25) is 4.90 Å². The molecule has 1 aliphatic rings. The maximum atomic E-state index is 9.00. The summed E-state index contributed by atoms with van der Waals surface area (Å²) in [5.74, 6) is 1.46. The Hall–Kier alpha value is -1.32. The molecule has 0 spiro atoms. The van der Waals surface area contributed by atoms with Crippen LogP contribution in [0.1, 0.15) is 37.3 Å². The molecule has 0 amide bonds. The maximum absolute atomic E-state index is 9.00. The highest BCUT2D eigenvalue weighted by molar-refractivity contribution is 5.57. The van der Waals surface area contributed by atoms with Crippen LogP contribution in [0.3, 0.4) is 0 Å². The molecule has 0 saturated carbocycles. The minimum atomic E-state index is 0.329. The Kier molecular flexibility index (Phi) is 6.27. The van der Waals surface area contributed by atoms with Crippen molar-refractivity contribution in [3.05, 3.63) is 42.0 Å². The standard InChI is InChI=1S/C18H27NO2/c1-3-21-15(2)18-6-4-17(5-7-18)14-19-11-8-16(9-12-19)10-13-20/h4-7,16,20H,2-3,8-14H2,1H3. The van der Waals surface area contributed by atoms with Crippen LogP contribution in [0.15, 0.2) is 30.8 Å². The number of hydrogen-bond acceptors (Lipinski definition) is 3. The van der Waals surface area contributed by atoms with Crippen molar-refractivity contribution in [3.8, 4) is 0 Å². The van der Waals surface area contributed by atoms with Crippen molar-refractivity contribution in [2.24, 2.45) is 5.92 Å². The lowest BCUT2D eigenvalue weighted by Gasteiger charge is -2.31. The smallest absolute Gasteiger partial charge is 0.119 e. The van der Waals surface area contributed by atoms with E-state index in [1.165, 1.54) is 18.4 Å². The van der Waals surface area contributed by atoms with Crippen molar-refractivity contribution < 1.29 is 9.84 Å². The van der Waals surface area contributed by atoms with Crippen LogP contribution in [0.25, 0.3) is 5.76 Å². The first-order valence-corrected chi connectivity index (χ1v) is 7.97. The molecule has 3 heteroatoms. The van der Waals surface area contributed by atoms with Crippen LogP contribution >= 0.6 is 0 Å². The number of ether oxygens (including phenoxy) is 1. The fourth-order valence-electron chi connectivity index (χ4n) is 2.93. The Labute approximate surface area is 128 Å². The Morgan fingerprint density at radius 2 is 1.95 bits per heavy atom. The van der Waals surface area contributed by atoms with Crippen molar-refractivity contribution in [2.75, 3.05) is 26.3 Å². The van der Waals surface area contributed by atoms with Crippen molar-refractivity contribution in [1.82, 2.24) is 4.90 Å². The summed E-state index contributed by atoms with van der Waals surface area (Å²) < 4.78 is 5.43. The second-order valence-corrected chi connectivity index (χ2v) is 5.78. The number of aliphatic hydroxyl groups excluding tert-OH is 1. The first-order valence-electron chi connectivity index (χ1n) is 7.97. The van der Waals surface area contributed by atoms with E-state index in [-0.39, 0.29) is 0 Å². The van der Waals surface area contributed by atoms with Crippen LogP contribution < -0.4 is 0 Å². The van der Waals surface area contributed by atoms with Gasteiger partial charge in [-0.15, -0.1) is 0 Å². The summed E-state index contributed by atoms with van der Waals surface area (Å²) in [7, 11) is 0. The zero-order chi connectivity index (χ0) is 15.1. The van der Waals surface area contributed by atoms with Gasteiger partial charge in [0.05, 0.1) is 6.61 Å². The van der Waals surface area contributed by atoms with E-state index in [9.17, 15) is 0 Å². The second-order valence-electron chi connectivity index (χ2n) is 5.78. The van der Waals surface area contributed by atoms with Gasteiger partial charge in [-0.1, -0.05) is 30.8 Å². The number of rotatable bonds is 7. The zero-order valence-corrected chi connectivity index (χ0v) is 13.1. The lowest BCUT2D eigenvalue weighted by Crippen LogP contribution is -2.33. The summed E-state index contributed by atoms with van der Waals surface area (Å²) in [5, 5.41) is 9.00. The number of hydrogen-bond donors (Lipinski definition) is 1. The van der Waals surface area contributed by atoms with Gasteiger partial charge >= 0.3 is 0 Å². The van der Waals surface area contributed by atoms with Crippen LogP contribution in [0.5, 0.6) is 0 Å². The molecule has 0 atom stereocenters. The molecule has 1 heterocycles. The lowest BCUT2D eigenvalue weighted by molar-refractivity contribution is 0.153. The van der Waals surface area contributed by atoms with E-state index >= 15 is 0 Å². The van der Waals surface area contributed by atoms with Gasteiger partial charge in [0.2, 0.25) is 0 Å². The molecule has 0 unspecified atom stereocenters. The third kappa shape index (κ3) is 4.87. The summed E-state index contributed by atoms with van der Waals surface area (Å²) in [5.41, 5.74) is 2.39. The minimum Gasteiger partial charge on any atom is -0.494 e. The molecule has 1 aromatic rings. The van der Waals surface area contributed by atoms with Crippen LogP contribution in [-0.4, -0.2) is 36.3 Å². The number of piperidine rings is 1. The van der Waals surface area contributed by atoms with E-state index in [0.717, 1.165) is 37.4 Å². The molecule has 1 fully saturated rings. The fourth-order valence-corrected chi connectivity index (χ4v) is 2.93. The van der Waals surface area contributed by atoms with Crippen molar-refractivity contribution in [2.45, 2.75) is 32.7 Å². The molecule has 0 bridgehead atoms. The average Bonchev–Trinajstić information content (AvgIpc) is 2.50. The van der Waals surface area contributed by atoms with Crippen LogP contribution in [0.4, 0.5) is 0 Å². The number of benzene rings is 1. The molecule has 116 valence electrons. The molecule has 0 radical (unpaired) electrons. The highest BCUT2D eigenvalue weighted by atomic mass is 16.5. The summed E-state index contributed by atoms with van der Waals surface area (Å²) in [6.45, 7) is 10.2. The molecular formula is C18H27NO2. The summed E-state index contributed by atoms with van der Waals surface area (Å²) in [6.07, 6.45) is 3.38. The Bertz CT molecular complexity index is 433. The van der Waals surface area contributed by atoms with E-state index in [1.54, 1.807) is 0 Å². The quantitative estimate of drug-likeness (QED) is 0.782. The molecule has 1 aliphatic heterocycles. The van der Waals surface area contributed by atoms with Crippen molar-refractivity contribution >= 4 is 5.76 Å². The van der Waals surface area contributed by atoms with Gasteiger partial charge in [0.25, 0.3) is 0 Å². The monoisotopic (exact) mass is 289 g/mol. The lowest BCUT2D eigenvalue weighted by atomic mass is 9.93. The Balaban J connectivity index is 1.82. The molecule has 2 rings (SSSR count). The molecule has 0 aliphatic carbocycles. The van der Waals surface area contributed by atoms with Crippen LogP contribution in [0.2, 0.25) is 0 Å². The summed E-state index contributed by atoms with van der Waals surface area (Å²) >= 11 is 0. The van der Waals surface area contributed by atoms with Crippen molar-refractivity contribution in [3.63, 3.8) is 0 Å². The van der Waals surface area contributed by atoms with E-state index in [4.69, 9.17) is 9.84 Å². The van der Waals surface area contributed by atoms with E-state index in [1.807, 2.05) is 6.92 Å². The second kappa shape index (κ2) is 8.20. The largest absolute Gasteiger partial charge is 0.494 e. The maximum Gasteiger partial charge on any atom is 0.119 e. The van der Waals surface area contributed by atoms with Gasteiger partial charge < -0.3 is 9.84 Å². The fraction of sp³-hybridized carbons (Fsp3) is 0.556. The number of likely N-dealkylation sites (tertiary alicyclic amines) is 1. The zero-order valence-electron chi connectivity index (χ0n) is 13.1. The van der Waals surface area contributed by atoms with Crippen LogP contribution in [-0.2, 0) is 11.3 Å². The van der Waals surface area contributed by atoms with E-state index in [2.05, 4.69) is 35.7 Å². The Morgan fingerprint density at radius 3 is 2.52 bits per heavy atom. The predicted octanol–water partition coefficient (Wildman–Crippen LogP) is 3.29. The third-order valence-electron chi connectivity index (χ3n) is 4.25. The highest BCUT2D eigenvalue weighted by Gasteiger charge is 2.18. The van der Waals surface area contributed by atoms with Crippen LogP contribution in [0, 0.1) is 5.92 Å². The first kappa shape index (κ1) is 16.1. The molecular weight excluding hydrogens is 262 g/mol. The van der Waals surface area contributed by atoms with Gasteiger partial charge in [-0.25, -0.2) is 0 Å². The molecule has 1 aromatic carbocycles. The minimum absolute atomic E-state index is 0.329. The van der Waals surface area contributed by atoms with Gasteiger partial charge in [0, 0.05) is 18.7 Å². The van der Waals surface area contributed by atoms with Crippen molar-refractivity contribution in [1.29, 1.82) is 0 Å². The third-order valence-corrected chi connectivity index (χ3v) is 4.25. The van der Waals surface area contributed by atoms with Gasteiger partial charge in [0.15, 0.2) is 0 Å². The topological polar surface area (TPSA) is 32.7 Å². The van der Waals surface area contributed by atoms with Gasteiger partial charge in [-0.2, -0.15) is 0 Å². The van der Waals surface area contributed by atoms with E-state index < -0.39 is 0 Å². The first-order chi connectivity index (χ1) is 10.2. The molecule has 3 nitrogen and oxygen atoms in total. The molecule has 1 N–H and O–H groups in total. The summed E-state index contributed by atoms with van der Waals surface area (Å²) in [6, 6.07) is 8.51. The SMILES string of the molecule is C=C(OCC)c1ccc(CN2CCC(CCO)CC2)cc1. The summed E-state index contributed by atoms with van der Waals surface area (Å²) in [4.78, 5) is 2.50. The Morgan fingerprint density at radius 1 is 1.29 bits per heavy atom. The molecule has 1 saturated heterocycles. The average molecular weight is 289 g/mol. The number of nitrogens with zero attached hydrogens (tertiary/aromatic N) is 1. The predicted molar refractivity (Wildman–Crippen MR) is 86.8 cm³/mol. The van der Waals surface area contributed by atoms with Gasteiger partial charge in [-0.05, 0) is 50.8 Å². The molecule has 0 aromatic heterocycles. The normalized spacial score (nSPS) is 16.9. The highest BCUT2D eigenvalue weighted by Crippen LogP contribution is 2.22. The number of aliphatic hydroxyl groups is 1. The molecule has 21 heavy (non-hydrogen) atoms. The van der Waals surface area contributed by atoms with Gasteiger partial charge in [0.1, 0.15) is 5.76 Å². The van der Waals surface area contributed by atoms with E-state index in [0.29, 0.717) is 19.1 Å².